The molecule has 0 aromatic rings. The Morgan fingerprint density at radius 3 is 2.55 bits per heavy atom. The Hall–Kier alpha value is -0.120. The third-order valence-corrected chi connectivity index (χ3v) is 5.76. The maximum atomic E-state index is 5.74. The number of hydrogen-bond acceptors (Lipinski definition) is 3. The van der Waals surface area contributed by atoms with E-state index in [2.05, 4.69) is 30.7 Å². The summed E-state index contributed by atoms with van der Waals surface area (Å²) in [4.78, 5) is 5.37. The van der Waals surface area contributed by atoms with E-state index in [-0.39, 0.29) is 0 Å². The van der Waals surface area contributed by atoms with Crippen LogP contribution in [0.15, 0.2) is 0 Å². The summed E-state index contributed by atoms with van der Waals surface area (Å²) in [5, 5.41) is 0. The van der Waals surface area contributed by atoms with Gasteiger partial charge in [-0.25, -0.2) is 0 Å². The van der Waals surface area contributed by atoms with Crippen molar-refractivity contribution in [1.82, 2.24) is 9.80 Å². The number of hydrogen-bond donors (Lipinski definition) is 1. The Labute approximate surface area is 125 Å². The fourth-order valence-electron chi connectivity index (χ4n) is 4.18. The van der Waals surface area contributed by atoms with Crippen molar-refractivity contribution < 1.29 is 0 Å². The molecule has 2 fully saturated rings. The van der Waals surface area contributed by atoms with Gasteiger partial charge in [0.25, 0.3) is 0 Å². The number of likely N-dealkylation sites (N-methyl/N-ethyl adjacent to an activating group) is 1. The van der Waals surface area contributed by atoms with Gasteiger partial charge in [-0.1, -0.05) is 13.8 Å². The minimum absolute atomic E-state index is 0.782. The fourth-order valence-corrected chi connectivity index (χ4v) is 4.18. The molecule has 20 heavy (non-hydrogen) atoms. The van der Waals surface area contributed by atoms with E-state index in [0.29, 0.717) is 0 Å². The molecule has 3 atom stereocenters. The van der Waals surface area contributed by atoms with Crippen LogP contribution < -0.4 is 5.73 Å². The SMILES string of the molecule is CC(C)C(CCN)CCCN1CCC2CCC(C1)N2C. The lowest BCUT2D eigenvalue weighted by Gasteiger charge is -2.27. The standard InChI is InChI=1S/C17H35N3/c1-14(2)15(8-10-18)5-4-11-20-12-9-16-6-7-17(13-20)19(16)3/h14-17H,4-13,18H2,1-3H3. The molecule has 0 saturated carbocycles. The molecule has 0 radical (unpaired) electrons. The van der Waals surface area contributed by atoms with E-state index in [1.165, 1.54) is 58.2 Å². The van der Waals surface area contributed by atoms with Crippen LogP contribution in [0.1, 0.15) is 52.4 Å². The Bertz CT molecular complexity index is 279. The third-order valence-electron chi connectivity index (χ3n) is 5.76. The molecule has 2 N–H and O–H groups in total. The molecule has 3 unspecified atom stereocenters. The molecule has 0 aromatic heterocycles. The Morgan fingerprint density at radius 1 is 1.10 bits per heavy atom. The van der Waals surface area contributed by atoms with Crippen LogP contribution in [-0.2, 0) is 0 Å². The highest BCUT2D eigenvalue weighted by atomic mass is 15.3. The Balaban J connectivity index is 1.71. The topological polar surface area (TPSA) is 32.5 Å². The third kappa shape index (κ3) is 4.19. The molecule has 3 nitrogen and oxygen atoms in total. The predicted octanol–water partition coefficient (Wildman–Crippen LogP) is 2.56. The molecule has 2 rings (SSSR count). The first-order chi connectivity index (χ1) is 9.61. The zero-order valence-corrected chi connectivity index (χ0v) is 13.9. The van der Waals surface area contributed by atoms with E-state index >= 15 is 0 Å². The van der Waals surface area contributed by atoms with Crippen LogP contribution in [0.3, 0.4) is 0 Å². The molecule has 2 aliphatic heterocycles. The van der Waals surface area contributed by atoms with E-state index in [1.807, 2.05) is 0 Å². The van der Waals surface area contributed by atoms with Crippen molar-refractivity contribution in [1.29, 1.82) is 0 Å². The van der Waals surface area contributed by atoms with Crippen molar-refractivity contribution in [2.45, 2.75) is 64.5 Å². The lowest BCUT2D eigenvalue weighted by atomic mass is 9.88. The van der Waals surface area contributed by atoms with Crippen LogP contribution in [0.25, 0.3) is 0 Å². The lowest BCUT2D eigenvalue weighted by Crippen LogP contribution is -2.37. The molecule has 0 spiro atoms. The minimum Gasteiger partial charge on any atom is -0.330 e. The minimum atomic E-state index is 0.782. The monoisotopic (exact) mass is 281 g/mol. The van der Waals surface area contributed by atoms with Gasteiger partial charge in [-0.15, -0.1) is 0 Å². The van der Waals surface area contributed by atoms with Gasteiger partial charge in [0.2, 0.25) is 0 Å². The summed E-state index contributed by atoms with van der Waals surface area (Å²) in [6.07, 6.45) is 8.13. The Morgan fingerprint density at radius 2 is 1.85 bits per heavy atom. The van der Waals surface area contributed by atoms with Gasteiger partial charge in [-0.3, -0.25) is 4.90 Å². The second-order valence-electron chi connectivity index (χ2n) is 7.36. The predicted molar refractivity (Wildman–Crippen MR) is 86.9 cm³/mol. The van der Waals surface area contributed by atoms with Gasteiger partial charge in [-0.05, 0) is 77.0 Å². The summed E-state index contributed by atoms with van der Waals surface area (Å²) in [6, 6.07) is 1.69. The molecule has 2 heterocycles. The zero-order chi connectivity index (χ0) is 14.5. The number of likely N-dealkylation sites (tertiary alicyclic amines) is 1. The van der Waals surface area contributed by atoms with Crippen molar-refractivity contribution in [2.24, 2.45) is 17.6 Å². The van der Waals surface area contributed by atoms with Crippen molar-refractivity contribution in [3.63, 3.8) is 0 Å². The molecule has 3 heteroatoms. The van der Waals surface area contributed by atoms with Gasteiger partial charge in [0.15, 0.2) is 0 Å². The lowest BCUT2D eigenvalue weighted by molar-refractivity contribution is 0.210. The molecule has 118 valence electrons. The summed E-state index contributed by atoms with van der Waals surface area (Å²) < 4.78 is 0. The highest BCUT2D eigenvalue weighted by Gasteiger charge is 2.34. The summed E-state index contributed by atoms with van der Waals surface area (Å²) in [7, 11) is 2.34. The second kappa shape index (κ2) is 7.77. The van der Waals surface area contributed by atoms with Gasteiger partial charge in [-0.2, -0.15) is 0 Å². The van der Waals surface area contributed by atoms with E-state index in [9.17, 15) is 0 Å². The fraction of sp³-hybridized carbons (Fsp3) is 1.00. The summed E-state index contributed by atoms with van der Waals surface area (Å²) in [6.45, 7) is 9.46. The molecule has 2 aliphatic rings. The van der Waals surface area contributed by atoms with Crippen molar-refractivity contribution in [2.75, 3.05) is 33.2 Å². The van der Waals surface area contributed by atoms with Crippen molar-refractivity contribution in [3.8, 4) is 0 Å². The van der Waals surface area contributed by atoms with E-state index in [4.69, 9.17) is 5.73 Å². The van der Waals surface area contributed by atoms with Gasteiger partial charge >= 0.3 is 0 Å². The van der Waals surface area contributed by atoms with Crippen molar-refractivity contribution >= 4 is 0 Å². The second-order valence-corrected chi connectivity index (χ2v) is 7.36. The highest BCUT2D eigenvalue weighted by Crippen LogP contribution is 2.29. The van der Waals surface area contributed by atoms with E-state index in [1.54, 1.807) is 0 Å². The van der Waals surface area contributed by atoms with Crippen LogP contribution in [-0.4, -0.2) is 55.1 Å². The summed E-state index contributed by atoms with van der Waals surface area (Å²) in [5.41, 5.74) is 5.74. The smallest absolute Gasteiger partial charge is 0.0223 e. The molecular weight excluding hydrogens is 246 g/mol. The number of rotatable bonds is 7. The first kappa shape index (κ1) is 16.3. The van der Waals surface area contributed by atoms with E-state index < -0.39 is 0 Å². The number of nitrogens with two attached hydrogens (primary N) is 1. The maximum absolute atomic E-state index is 5.74. The summed E-state index contributed by atoms with van der Waals surface area (Å²) in [5.74, 6) is 1.61. The zero-order valence-electron chi connectivity index (χ0n) is 13.9. The Kier molecular flexibility index (Phi) is 6.31. The molecular formula is C17H35N3. The number of fused-ring (bicyclic) bond motifs is 2. The molecule has 0 aliphatic carbocycles. The quantitative estimate of drug-likeness (QED) is 0.778. The first-order valence-corrected chi connectivity index (χ1v) is 8.76. The van der Waals surface area contributed by atoms with Crippen LogP contribution in [0.4, 0.5) is 0 Å². The van der Waals surface area contributed by atoms with Crippen molar-refractivity contribution in [3.05, 3.63) is 0 Å². The van der Waals surface area contributed by atoms with Gasteiger partial charge < -0.3 is 10.6 Å². The molecule has 0 amide bonds. The highest BCUT2D eigenvalue weighted by molar-refractivity contribution is 4.90. The average Bonchev–Trinajstić information content (AvgIpc) is 2.65. The van der Waals surface area contributed by atoms with E-state index in [0.717, 1.165) is 30.5 Å². The largest absolute Gasteiger partial charge is 0.330 e. The normalized spacial score (nSPS) is 29.9. The number of nitrogens with zero attached hydrogens (tertiary/aromatic N) is 2. The van der Waals surface area contributed by atoms with Crippen LogP contribution >= 0.6 is 0 Å². The van der Waals surface area contributed by atoms with Crippen LogP contribution in [0, 0.1) is 11.8 Å². The van der Waals surface area contributed by atoms with Gasteiger partial charge in [0.1, 0.15) is 0 Å². The van der Waals surface area contributed by atoms with Gasteiger partial charge in [0.05, 0.1) is 0 Å². The molecule has 2 saturated heterocycles. The summed E-state index contributed by atoms with van der Waals surface area (Å²) >= 11 is 0. The maximum Gasteiger partial charge on any atom is 0.0223 e. The average molecular weight is 281 g/mol. The molecule has 2 bridgehead atoms. The van der Waals surface area contributed by atoms with Crippen LogP contribution in [0.2, 0.25) is 0 Å². The van der Waals surface area contributed by atoms with Crippen LogP contribution in [0.5, 0.6) is 0 Å². The van der Waals surface area contributed by atoms with Gasteiger partial charge in [0, 0.05) is 18.6 Å². The first-order valence-electron chi connectivity index (χ1n) is 8.76. The molecule has 0 aromatic carbocycles.